The molecule has 0 heterocycles. The van der Waals surface area contributed by atoms with Gasteiger partial charge < -0.3 is 14.3 Å². The van der Waals surface area contributed by atoms with Gasteiger partial charge >= 0.3 is 0 Å². The van der Waals surface area contributed by atoms with E-state index < -0.39 is 15.1 Å². The molecular weight excluding hydrogens is 354 g/mol. The number of hydrogen-bond donors (Lipinski definition) is 1. The van der Waals surface area contributed by atoms with Gasteiger partial charge in [-0.15, -0.1) is 0 Å². The topological polar surface area (TPSA) is 62.5 Å². The minimum absolute atomic E-state index is 0.0127. The second-order valence-electron chi connectivity index (χ2n) is 7.91. The van der Waals surface area contributed by atoms with E-state index in [0.717, 1.165) is 11.1 Å². The Kier molecular flexibility index (Phi) is 6.82. The molecule has 2 aromatic rings. The van der Waals surface area contributed by atoms with Crippen molar-refractivity contribution >= 4 is 9.04 Å². The number of nitriles is 1. The second kappa shape index (κ2) is 8.70. The summed E-state index contributed by atoms with van der Waals surface area (Å²) in [4.78, 5) is 0. The standard InChI is InChI=1S/C22H28NO3Si/c1-22(2,3)21(26-27(5)6)16-9-7-15(8-10-16)20(24)17-11-12-19(25-4)18(13-17)14-23/h7-13,20-21,24H,1-6H3. The Morgan fingerprint density at radius 3 is 2.04 bits per heavy atom. The highest BCUT2D eigenvalue weighted by Gasteiger charge is 2.28. The Morgan fingerprint density at radius 1 is 1.00 bits per heavy atom. The van der Waals surface area contributed by atoms with Crippen LogP contribution in [0.5, 0.6) is 5.75 Å². The van der Waals surface area contributed by atoms with Gasteiger partial charge in [0.05, 0.1) is 18.8 Å². The van der Waals surface area contributed by atoms with Gasteiger partial charge in [0.1, 0.15) is 17.9 Å². The van der Waals surface area contributed by atoms with Gasteiger partial charge in [-0.3, -0.25) is 0 Å². The van der Waals surface area contributed by atoms with Crippen LogP contribution in [0.1, 0.15) is 55.2 Å². The Hall–Kier alpha value is -2.13. The monoisotopic (exact) mass is 382 g/mol. The molecule has 1 radical (unpaired) electrons. The first-order chi connectivity index (χ1) is 12.7. The van der Waals surface area contributed by atoms with Crippen molar-refractivity contribution in [1.82, 2.24) is 0 Å². The average Bonchev–Trinajstić information content (AvgIpc) is 2.64. The van der Waals surface area contributed by atoms with Crippen LogP contribution < -0.4 is 4.74 Å². The summed E-state index contributed by atoms with van der Waals surface area (Å²) in [5.41, 5.74) is 2.94. The first kappa shape index (κ1) is 21.2. The molecule has 0 saturated heterocycles. The lowest BCUT2D eigenvalue weighted by Gasteiger charge is -2.33. The highest BCUT2D eigenvalue weighted by atomic mass is 28.3. The third-order valence-electron chi connectivity index (χ3n) is 4.35. The van der Waals surface area contributed by atoms with Crippen molar-refractivity contribution in [2.24, 2.45) is 5.41 Å². The SMILES string of the molecule is COc1ccc(C(O)c2ccc(C(O[Si](C)C)C(C)(C)C)cc2)cc1C#N. The number of nitrogens with zero attached hydrogens (tertiary/aromatic N) is 1. The van der Waals surface area contributed by atoms with Crippen LogP contribution in [0.15, 0.2) is 42.5 Å². The quantitative estimate of drug-likeness (QED) is 0.714. The van der Waals surface area contributed by atoms with E-state index in [1.165, 1.54) is 7.11 Å². The van der Waals surface area contributed by atoms with Gasteiger partial charge in [0, 0.05) is 0 Å². The number of hydrogen-bond acceptors (Lipinski definition) is 4. The molecule has 2 rings (SSSR count). The van der Waals surface area contributed by atoms with Crippen molar-refractivity contribution in [3.05, 3.63) is 64.7 Å². The molecular formula is C22H28NO3Si. The number of aliphatic hydroxyl groups is 1. The highest BCUT2D eigenvalue weighted by Crippen LogP contribution is 2.37. The van der Waals surface area contributed by atoms with E-state index in [2.05, 4.69) is 39.9 Å². The maximum absolute atomic E-state index is 10.7. The average molecular weight is 383 g/mol. The summed E-state index contributed by atoms with van der Waals surface area (Å²) < 4.78 is 11.4. The molecule has 0 fully saturated rings. The Bertz CT molecular complexity index is 804. The first-order valence-corrected chi connectivity index (χ1v) is 11.4. The molecule has 2 atom stereocenters. The summed E-state index contributed by atoms with van der Waals surface area (Å²) in [6.45, 7) is 10.8. The van der Waals surface area contributed by atoms with E-state index in [4.69, 9.17) is 9.16 Å². The lowest BCUT2D eigenvalue weighted by Crippen LogP contribution is -2.25. The van der Waals surface area contributed by atoms with Crippen LogP contribution in [0.2, 0.25) is 13.1 Å². The summed E-state index contributed by atoms with van der Waals surface area (Å²) in [5, 5.41) is 20.0. The van der Waals surface area contributed by atoms with Gasteiger partial charge in [0.2, 0.25) is 9.04 Å². The zero-order valence-electron chi connectivity index (χ0n) is 16.9. The number of ether oxygens (including phenoxy) is 1. The minimum Gasteiger partial charge on any atom is -0.495 e. The van der Waals surface area contributed by atoms with Crippen LogP contribution in [-0.2, 0) is 4.43 Å². The minimum atomic E-state index is -0.837. The van der Waals surface area contributed by atoms with E-state index in [1.54, 1.807) is 18.2 Å². The fraction of sp³-hybridized carbons (Fsp3) is 0.409. The summed E-state index contributed by atoms with van der Waals surface area (Å²) in [6.07, 6.45) is -0.790. The molecule has 0 aliphatic heterocycles. The molecule has 5 heteroatoms. The summed E-state index contributed by atoms with van der Waals surface area (Å²) in [6, 6.07) is 15.2. The Morgan fingerprint density at radius 2 is 1.56 bits per heavy atom. The number of rotatable bonds is 6. The van der Waals surface area contributed by atoms with Crippen LogP contribution in [0.3, 0.4) is 0 Å². The third-order valence-corrected chi connectivity index (χ3v) is 5.06. The third kappa shape index (κ3) is 5.20. The van der Waals surface area contributed by atoms with Crippen molar-refractivity contribution in [2.75, 3.05) is 7.11 Å². The van der Waals surface area contributed by atoms with Crippen LogP contribution in [-0.4, -0.2) is 21.3 Å². The van der Waals surface area contributed by atoms with Crippen LogP contribution in [0, 0.1) is 16.7 Å². The predicted octanol–water partition coefficient (Wildman–Crippen LogP) is 5.00. The van der Waals surface area contributed by atoms with Crippen LogP contribution >= 0.6 is 0 Å². The maximum Gasteiger partial charge on any atom is 0.205 e. The summed E-state index contributed by atoms with van der Waals surface area (Å²) >= 11 is 0. The second-order valence-corrected chi connectivity index (χ2v) is 9.97. The number of methoxy groups -OCH3 is 1. The lowest BCUT2D eigenvalue weighted by molar-refractivity contribution is 0.0865. The smallest absolute Gasteiger partial charge is 0.205 e. The van der Waals surface area contributed by atoms with Gasteiger partial charge in [-0.05, 0) is 47.3 Å². The molecule has 4 nitrogen and oxygen atoms in total. The van der Waals surface area contributed by atoms with Gasteiger partial charge in [-0.1, -0.05) is 51.1 Å². The first-order valence-electron chi connectivity index (χ1n) is 9.00. The lowest BCUT2D eigenvalue weighted by atomic mass is 9.84. The van der Waals surface area contributed by atoms with Crippen molar-refractivity contribution < 1.29 is 14.3 Å². The number of benzene rings is 2. The Labute approximate surface area is 164 Å². The zero-order chi connectivity index (χ0) is 20.2. The van der Waals surface area contributed by atoms with Gasteiger partial charge in [0.25, 0.3) is 0 Å². The Balaban J connectivity index is 2.29. The van der Waals surface area contributed by atoms with Crippen LogP contribution in [0.25, 0.3) is 0 Å². The van der Waals surface area contributed by atoms with Crippen LogP contribution in [0.4, 0.5) is 0 Å². The van der Waals surface area contributed by atoms with Crippen molar-refractivity contribution in [3.8, 4) is 11.8 Å². The van der Waals surface area contributed by atoms with E-state index in [1.807, 2.05) is 24.3 Å². The van der Waals surface area contributed by atoms with Gasteiger partial charge in [-0.25, -0.2) is 0 Å². The maximum atomic E-state index is 10.7. The van der Waals surface area contributed by atoms with E-state index >= 15 is 0 Å². The molecule has 27 heavy (non-hydrogen) atoms. The summed E-state index contributed by atoms with van der Waals surface area (Å²) in [7, 11) is 0.688. The molecule has 2 unspecified atom stereocenters. The molecule has 0 spiro atoms. The number of aliphatic hydroxyl groups excluding tert-OH is 1. The molecule has 0 saturated carbocycles. The molecule has 143 valence electrons. The molecule has 0 aromatic heterocycles. The molecule has 1 N–H and O–H groups in total. The zero-order valence-corrected chi connectivity index (χ0v) is 17.9. The van der Waals surface area contributed by atoms with Gasteiger partial charge in [-0.2, -0.15) is 5.26 Å². The summed E-state index contributed by atoms with van der Waals surface area (Å²) in [5.74, 6) is 0.505. The fourth-order valence-corrected chi connectivity index (χ4v) is 3.97. The molecule has 0 aliphatic rings. The molecule has 0 bridgehead atoms. The van der Waals surface area contributed by atoms with Gasteiger partial charge in [0.15, 0.2) is 0 Å². The van der Waals surface area contributed by atoms with E-state index in [0.29, 0.717) is 16.9 Å². The normalized spacial score (nSPS) is 13.9. The van der Waals surface area contributed by atoms with Crippen molar-refractivity contribution in [2.45, 2.75) is 46.1 Å². The van der Waals surface area contributed by atoms with E-state index in [9.17, 15) is 10.4 Å². The fourth-order valence-electron chi connectivity index (χ4n) is 3.01. The van der Waals surface area contributed by atoms with Crippen molar-refractivity contribution in [1.29, 1.82) is 5.26 Å². The van der Waals surface area contributed by atoms with Crippen molar-refractivity contribution in [3.63, 3.8) is 0 Å². The van der Waals surface area contributed by atoms with E-state index in [-0.39, 0.29) is 11.5 Å². The molecule has 2 aromatic carbocycles. The molecule has 0 amide bonds. The largest absolute Gasteiger partial charge is 0.495 e. The predicted molar refractivity (Wildman–Crippen MR) is 109 cm³/mol. The highest BCUT2D eigenvalue weighted by molar-refractivity contribution is 6.48. The molecule has 0 aliphatic carbocycles.